The van der Waals surface area contributed by atoms with E-state index in [2.05, 4.69) is 15.5 Å². The zero-order valence-corrected chi connectivity index (χ0v) is 12.5. The van der Waals surface area contributed by atoms with E-state index in [-0.39, 0.29) is 12.1 Å². The van der Waals surface area contributed by atoms with Gasteiger partial charge in [0.05, 0.1) is 5.60 Å². The van der Waals surface area contributed by atoms with Crippen molar-refractivity contribution in [1.82, 2.24) is 20.2 Å². The second kappa shape index (κ2) is 5.90. The lowest BCUT2D eigenvalue weighted by atomic mass is 9.93. The number of nitrogens with zero attached hydrogens (tertiary/aromatic N) is 4. The third kappa shape index (κ3) is 3.09. The number of carbonyl (C=O) groups is 1. The highest BCUT2D eigenvalue weighted by Gasteiger charge is 2.41. The van der Waals surface area contributed by atoms with Gasteiger partial charge in [-0.15, -0.1) is 5.10 Å². The molecule has 2 atom stereocenters. The van der Waals surface area contributed by atoms with Gasteiger partial charge in [-0.2, -0.15) is 11.8 Å². The van der Waals surface area contributed by atoms with E-state index < -0.39 is 5.97 Å². The van der Waals surface area contributed by atoms with Crippen molar-refractivity contribution in [1.29, 1.82) is 0 Å². The predicted octanol–water partition coefficient (Wildman–Crippen LogP) is 0.904. The van der Waals surface area contributed by atoms with Gasteiger partial charge in [0.25, 0.3) is 0 Å². The van der Waals surface area contributed by atoms with Crippen LogP contribution in [0.2, 0.25) is 0 Å². The van der Waals surface area contributed by atoms with Crippen LogP contribution in [-0.4, -0.2) is 60.2 Å². The average molecular weight is 316 g/mol. The molecule has 0 radical (unpaired) electrons. The van der Waals surface area contributed by atoms with Crippen LogP contribution in [0, 0.1) is 0 Å². The maximum Gasteiger partial charge on any atom is 0.325 e. The van der Waals surface area contributed by atoms with Crippen LogP contribution in [0.5, 0.6) is 0 Å². The van der Waals surface area contributed by atoms with E-state index >= 15 is 0 Å². The van der Waals surface area contributed by atoms with Crippen molar-refractivity contribution in [2.24, 2.45) is 0 Å². The van der Waals surface area contributed by atoms with Crippen LogP contribution in [0.4, 0.5) is 0 Å². The molecule has 1 spiro atoms. The third-order valence-electron chi connectivity index (χ3n) is 3.57. The van der Waals surface area contributed by atoms with Crippen molar-refractivity contribution < 1.29 is 14.6 Å². The molecule has 9 heteroatoms. The molecule has 3 rings (SSSR count). The maximum absolute atomic E-state index is 10.8. The number of aliphatic carboxylic acids is 1. The summed E-state index contributed by atoms with van der Waals surface area (Å²) in [6, 6.07) is 0. The Morgan fingerprint density at radius 2 is 2.55 bits per heavy atom. The summed E-state index contributed by atoms with van der Waals surface area (Å²) >= 11 is 3.52. The van der Waals surface area contributed by atoms with Crippen LogP contribution in [0.1, 0.15) is 19.3 Å². The molecule has 2 unspecified atom stereocenters. The number of hydrogen-bond acceptors (Lipinski definition) is 7. The molecule has 0 aliphatic carbocycles. The number of hydrogen-bond donors (Lipinski definition) is 1. The van der Waals surface area contributed by atoms with Gasteiger partial charge in [-0.3, -0.25) is 4.79 Å². The first-order valence-corrected chi connectivity index (χ1v) is 8.57. The fraction of sp³-hybridized carbons (Fsp3) is 0.818. The summed E-state index contributed by atoms with van der Waals surface area (Å²) < 4.78 is 7.33. The average Bonchev–Trinajstić information content (AvgIpc) is 3.00. The van der Waals surface area contributed by atoms with Gasteiger partial charge >= 0.3 is 5.97 Å². The van der Waals surface area contributed by atoms with Gasteiger partial charge in [-0.1, -0.05) is 11.8 Å². The monoisotopic (exact) mass is 316 g/mol. The van der Waals surface area contributed by atoms with Crippen molar-refractivity contribution in [3.8, 4) is 0 Å². The second-order valence-corrected chi connectivity index (χ2v) is 7.45. The lowest BCUT2D eigenvalue weighted by molar-refractivity contribution is -0.138. The molecule has 1 aromatic rings. The van der Waals surface area contributed by atoms with Crippen LogP contribution in [0.3, 0.4) is 0 Å². The lowest BCUT2D eigenvalue weighted by Gasteiger charge is -2.37. The number of carboxylic acids is 1. The molecule has 2 saturated heterocycles. The van der Waals surface area contributed by atoms with E-state index in [4.69, 9.17) is 9.84 Å². The molecule has 0 amide bonds. The van der Waals surface area contributed by atoms with Crippen molar-refractivity contribution in [2.75, 3.05) is 18.1 Å². The molecular weight excluding hydrogens is 300 g/mol. The van der Waals surface area contributed by atoms with Gasteiger partial charge in [0.1, 0.15) is 6.54 Å². The highest BCUT2D eigenvalue weighted by molar-refractivity contribution is 8.00. The summed E-state index contributed by atoms with van der Waals surface area (Å²) in [5, 5.41) is 21.0. The number of carboxylic acid groups (broad SMARTS) is 1. The quantitative estimate of drug-likeness (QED) is 0.876. The molecule has 0 aromatic carbocycles. The third-order valence-corrected chi connectivity index (χ3v) is 6.03. The number of rotatable bonds is 4. The smallest absolute Gasteiger partial charge is 0.325 e. The van der Waals surface area contributed by atoms with Gasteiger partial charge < -0.3 is 9.84 Å². The molecule has 3 heterocycles. The van der Waals surface area contributed by atoms with E-state index in [1.807, 2.05) is 11.8 Å². The van der Waals surface area contributed by atoms with E-state index in [0.717, 1.165) is 37.4 Å². The minimum absolute atomic E-state index is 0.0195. The Morgan fingerprint density at radius 3 is 3.30 bits per heavy atom. The van der Waals surface area contributed by atoms with Gasteiger partial charge in [-0.05, 0) is 35.4 Å². The van der Waals surface area contributed by atoms with Crippen molar-refractivity contribution in [3.63, 3.8) is 0 Å². The zero-order chi connectivity index (χ0) is 14.0. The maximum atomic E-state index is 10.8. The van der Waals surface area contributed by atoms with Crippen molar-refractivity contribution >= 4 is 29.5 Å². The standard InChI is InChI=1S/C11H16N4O3S2/c16-9(17)6-15-10(12-13-14-15)20-8-1-3-18-11(5-8)2-4-19-7-11/h8H,1-7H2,(H,16,17). The SMILES string of the molecule is O=C(O)Cn1nnnc1SC1CCOC2(CCSC2)C1. The molecule has 0 bridgehead atoms. The minimum Gasteiger partial charge on any atom is -0.480 e. The second-order valence-electron chi connectivity index (χ2n) is 5.08. The van der Waals surface area contributed by atoms with Gasteiger partial charge in [0, 0.05) is 17.6 Å². The van der Waals surface area contributed by atoms with Crippen molar-refractivity contribution in [2.45, 2.75) is 41.8 Å². The first-order valence-electron chi connectivity index (χ1n) is 6.53. The van der Waals surface area contributed by atoms with E-state index in [9.17, 15) is 4.79 Å². The molecule has 1 N–H and O–H groups in total. The molecule has 2 fully saturated rings. The number of ether oxygens (including phenoxy) is 1. The molecule has 20 heavy (non-hydrogen) atoms. The first-order chi connectivity index (χ1) is 9.67. The first kappa shape index (κ1) is 14.2. The Labute approximate surface area is 124 Å². The molecule has 1 aromatic heterocycles. The van der Waals surface area contributed by atoms with Crippen molar-refractivity contribution in [3.05, 3.63) is 0 Å². The fourth-order valence-corrected chi connectivity index (χ4v) is 5.19. The highest BCUT2D eigenvalue weighted by Crippen LogP contribution is 2.42. The van der Waals surface area contributed by atoms with Crippen LogP contribution in [-0.2, 0) is 16.1 Å². The normalized spacial score (nSPS) is 29.9. The molecule has 2 aliphatic heterocycles. The lowest BCUT2D eigenvalue weighted by Crippen LogP contribution is -2.41. The predicted molar refractivity (Wildman–Crippen MR) is 75.0 cm³/mol. The largest absolute Gasteiger partial charge is 0.480 e. The highest BCUT2D eigenvalue weighted by atomic mass is 32.2. The summed E-state index contributed by atoms with van der Waals surface area (Å²) in [5.41, 5.74) is 0.0195. The Morgan fingerprint density at radius 1 is 1.65 bits per heavy atom. The van der Waals surface area contributed by atoms with Gasteiger partial charge in [-0.25, -0.2) is 4.68 Å². The van der Waals surface area contributed by atoms with Crippen LogP contribution >= 0.6 is 23.5 Å². The summed E-state index contributed by atoms with van der Waals surface area (Å²) in [7, 11) is 0. The molecule has 2 aliphatic rings. The van der Waals surface area contributed by atoms with Crippen LogP contribution in [0.25, 0.3) is 0 Å². The van der Waals surface area contributed by atoms with Crippen LogP contribution in [0.15, 0.2) is 5.16 Å². The molecular formula is C11H16N4O3S2. The number of aromatic nitrogens is 4. The summed E-state index contributed by atoms with van der Waals surface area (Å²) in [5.74, 6) is 1.29. The Hall–Kier alpha value is -0.800. The molecule has 110 valence electrons. The summed E-state index contributed by atoms with van der Waals surface area (Å²) in [4.78, 5) is 10.8. The van der Waals surface area contributed by atoms with E-state index in [0.29, 0.717) is 10.4 Å². The number of tetrazole rings is 1. The van der Waals surface area contributed by atoms with Gasteiger partial charge in [0.2, 0.25) is 5.16 Å². The Balaban J connectivity index is 1.65. The summed E-state index contributed by atoms with van der Waals surface area (Å²) in [6.07, 6.45) is 3.05. The Bertz CT molecular complexity index is 490. The van der Waals surface area contributed by atoms with E-state index in [1.54, 1.807) is 11.8 Å². The molecule has 0 saturated carbocycles. The summed E-state index contributed by atoms with van der Waals surface area (Å²) in [6.45, 7) is 0.568. The topological polar surface area (TPSA) is 90.1 Å². The van der Waals surface area contributed by atoms with Crippen LogP contribution < -0.4 is 0 Å². The minimum atomic E-state index is -0.935. The Kier molecular flexibility index (Phi) is 4.18. The number of thioether (sulfide) groups is 2. The molecule has 7 nitrogen and oxygen atoms in total. The van der Waals surface area contributed by atoms with E-state index in [1.165, 1.54) is 4.68 Å². The zero-order valence-electron chi connectivity index (χ0n) is 10.9. The van der Waals surface area contributed by atoms with Gasteiger partial charge in [0.15, 0.2) is 0 Å². The fourth-order valence-electron chi connectivity index (χ4n) is 2.60.